The van der Waals surface area contributed by atoms with Crippen LogP contribution in [0.15, 0.2) is 0 Å². The van der Waals surface area contributed by atoms with Crippen LogP contribution in [0.5, 0.6) is 0 Å². The van der Waals surface area contributed by atoms with Crippen molar-refractivity contribution in [1.29, 1.82) is 0 Å². The van der Waals surface area contributed by atoms with Gasteiger partial charge in [-0.05, 0) is 19.4 Å². The predicted molar refractivity (Wildman–Crippen MR) is 96.8 cm³/mol. The number of ether oxygens (including phenoxy) is 2. The zero-order valence-electron chi connectivity index (χ0n) is 15.8. The molecular formula is C16H32N4O9. The van der Waals surface area contributed by atoms with Gasteiger partial charge in [0.15, 0.2) is 6.29 Å². The summed E-state index contributed by atoms with van der Waals surface area (Å²) in [5.41, 5.74) is 17.1. The number of nitrogens with two attached hydrogens (primary N) is 3. The number of amides is 1. The minimum atomic E-state index is -1.55. The second kappa shape index (κ2) is 10.4. The van der Waals surface area contributed by atoms with Crippen LogP contribution in [-0.2, 0) is 14.3 Å². The van der Waals surface area contributed by atoms with Crippen molar-refractivity contribution in [2.24, 2.45) is 17.2 Å². The lowest BCUT2D eigenvalue weighted by atomic mass is 9.84. The minimum absolute atomic E-state index is 0.000539. The molecule has 29 heavy (non-hydrogen) atoms. The average Bonchev–Trinajstić information content (AvgIpc) is 2.69. The molecule has 0 radical (unpaired) electrons. The molecule has 1 amide bonds. The molecule has 0 aromatic heterocycles. The molecule has 0 aromatic carbocycles. The Morgan fingerprint density at radius 1 is 1.14 bits per heavy atom. The highest BCUT2D eigenvalue weighted by atomic mass is 16.7. The van der Waals surface area contributed by atoms with Gasteiger partial charge in [-0.2, -0.15) is 0 Å². The monoisotopic (exact) mass is 424 g/mol. The molecule has 4 unspecified atom stereocenters. The van der Waals surface area contributed by atoms with Crippen LogP contribution in [0.3, 0.4) is 0 Å². The molecule has 0 aromatic rings. The van der Waals surface area contributed by atoms with E-state index in [-0.39, 0.29) is 19.4 Å². The van der Waals surface area contributed by atoms with Crippen LogP contribution in [0.4, 0.5) is 0 Å². The zero-order valence-corrected chi connectivity index (χ0v) is 15.8. The van der Waals surface area contributed by atoms with Crippen LogP contribution in [-0.4, -0.2) is 117 Å². The molecule has 0 spiro atoms. The molecule has 2 aliphatic rings. The van der Waals surface area contributed by atoms with Crippen LogP contribution >= 0.6 is 0 Å². The Balaban J connectivity index is 2.02. The second-order valence-corrected chi connectivity index (χ2v) is 7.47. The van der Waals surface area contributed by atoms with Gasteiger partial charge in [-0.3, -0.25) is 4.79 Å². The first-order chi connectivity index (χ1) is 13.6. The van der Waals surface area contributed by atoms with E-state index in [2.05, 4.69) is 5.32 Å². The summed E-state index contributed by atoms with van der Waals surface area (Å²) in [5, 5.41) is 62.0. The number of aliphatic hydroxyl groups is 6. The molecule has 1 saturated carbocycles. The van der Waals surface area contributed by atoms with Crippen LogP contribution in [0.2, 0.25) is 0 Å². The lowest BCUT2D eigenvalue weighted by molar-refractivity contribution is -0.294. The normalized spacial score (nSPS) is 44.3. The van der Waals surface area contributed by atoms with Crippen LogP contribution in [0.1, 0.15) is 12.8 Å². The summed E-state index contributed by atoms with van der Waals surface area (Å²) in [4.78, 5) is 11.9. The number of hydrogen-bond acceptors (Lipinski definition) is 12. The molecule has 13 N–H and O–H groups in total. The molecule has 2 rings (SSSR count). The Morgan fingerprint density at radius 3 is 2.38 bits per heavy atom. The lowest BCUT2D eigenvalue weighted by Crippen LogP contribution is -2.68. The summed E-state index contributed by atoms with van der Waals surface area (Å²) in [6.07, 6.45) is -10.9. The van der Waals surface area contributed by atoms with E-state index in [0.29, 0.717) is 0 Å². The zero-order chi connectivity index (χ0) is 21.9. The van der Waals surface area contributed by atoms with Crippen LogP contribution in [0, 0.1) is 0 Å². The van der Waals surface area contributed by atoms with E-state index in [9.17, 15) is 35.4 Å². The van der Waals surface area contributed by atoms with Gasteiger partial charge in [0.05, 0.1) is 18.7 Å². The van der Waals surface area contributed by atoms with Gasteiger partial charge in [-0.15, -0.1) is 0 Å². The number of nitrogens with one attached hydrogen (secondary N) is 1. The third-order valence-corrected chi connectivity index (χ3v) is 5.34. The van der Waals surface area contributed by atoms with Crippen LogP contribution < -0.4 is 22.5 Å². The first-order valence-electron chi connectivity index (χ1n) is 9.46. The molecule has 1 saturated heterocycles. The number of rotatable bonds is 7. The standard InChI is InChI=1S/C16H32N4O9/c17-2-1-7(22)15(27)20-6-3-5(18)14(13(26)10(6)23)29-16-9(19)12(25)11(24)8(4-21)28-16/h5-14,16,21-26H,1-4,17-19H2,(H,20,27)/t5?,6-,7+,8?,9?,10-,11-,12-,13?,14-,16-/m1/s1. The van der Waals surface area contributed by atoms with Crippen molar-refractivity contribution < 1.29 is 44.9 Å². The second-order valence-electron chi connectivity index (χ2n) is 7.47. The van der Waals surface area contributed by atoms with E-state index in [1.165, 1.54) is 0 Å². The number of aliphatic hydroxyl groups excluding tert-OH is 6. The number of carbonyl (C=O) groups is 1. The van der Waals surface area contributed by atoms with Gasteiger partial charge < -0.3 is 62.6 Å². The Labute approximate surface area is 167 Å². The molecule has 1 aliphatic heterocycles. The van der Waals surface area contributed by atoms with Gasteiger partial charge in [0.2, 0.25) is 5.91 Å². The summed E-state index contributed by atoms with van der Waals surface area (Å²) in [5.74, 6) is -0.751. The fourth-order valence-electron chi connectivity index (χ4n) is 3.53. The fourth-order valence-corrected chi connectivity index (χ4v) is 3.53. The van der Waals surface area contributed by atoms with E-state index < -0.39 is 79.7 Å². The average molecular weight is 424 g/mol. The van der Waals surface area contributed by atoms with Gasteiger partial charge in [0.1, 0.15) is 42.7 Å². The van der Waals surface area contributed by atoms with E-state index in [0.717, 1.165) is 0 Å². The van der Waals surface area contributed by atoms with Crippen molar-refractivity contribution >= 4 is 5.91 Å². The third-order valence-electron chi connectivity index (χ3n) is 5.34. The molecular weight excluding hydrogens is 392 g/mol. The highest BCUT2D eigenvalue weighted by molar-refractivity contribution is 5.80. The van der Waals surface area contributed by atoms with Gasteiger partial charge in [0.25, 0.3) is 0 Å². The summed E-state index contributed by atoms with van der Waals surface area (Å²) in [7, 11) is 0. The van der Waals surface area contributed by atoms with Crippen molar-refractivity contribution in [3.8, 4) is 0 Å². The van der Waals surface area contributed by atoms with Gasteiger partial charge in [-0.1, -0.05) is 0 Å². The van der Waals surface area contributed by atoms with Crippen molar-refractivity contribution in [2.45, 2.75) is 80.0 Å². The number of hydrogen-bond donors (Lipinski definition) is 10. The van der Waals surface area contributed by atoms with E-state index >= 15 is 0 Å². The van der Waals surface area contributed by atoms with Gasteiger partial charge in [0, 0.05) is 6.04 Å². The Hall–Kier alpha value is -0.970. The largest absolute Gasteiger partial charge is 0.394 e. The van der Waals surface area contributed by atoms with E-state index in [1.54, 1.807) is 0 Å². The molecule has 170 valence electrons. The smallest absolute Gasteiger partial charge is 0.249 e. The maximum absolute atomic E-state index is 11.9. The molecule has 2 fully saturated rings. The molecule has 13 heteroatoms. The minimum Gasteiger partial charge on any atom is -0.394 e. The Kier molecular flexibility index (Phi) is 8.69. The summed E-state index contributed by atoms with van der Waals surface area (Å²) in [6, 6.07) is -3.02. The van der Waals surface area contributed by atoms with E-state index in [4.69, 9.17) is 26.7 Å². The summed E-state index contributed by atoms with van der Waals surface area (Å²) >= 11 is 0. The van der Waals surface area contributed by atoms with E-state index in [1.807, 2.05) is 0 Å². The van der Waals surface area contributed by atoms with Crippen molar-refractivity contribution in [1.82, 2.24) is 5.32 Å². The fraction of sp³-hybridized carbons (Fsp3) is 0.938. The first-order valence-corrected chi connectivity index (χ1v) is 9.46. The SMILES string of the molecule is NCC[C@H](O)C(=O)N[C@@H]1CC(N)[C@@H](O[C@H]2OC(CO)[C@@H](O)[C@H](O)C2N)C(O)[C@@H]1O. The third kappa shape index (κ3) is 5.39. The molecule has 1 aliphatic carbocycles. The number of carbonyl (C=O) groups excluding carboxylic acids is 1. The molecule has 13 nitrogen and oxygen atoms in total. The quantitative estimate of drug-likeness (QED) is 0.183. The maximum atomic E-state index is 11.9. The lowest BCUT2D eigenvalue weighted by Gasteiger charge is -2.46. The summed E-state index contributed by atoms with van der Waals surface area (Å²) in [6.45, 7) is -0.511. The summed E-state index contributed by atoms with van der Waals surface area (Å²) < 4.78 is 10.9. The highest BCUT2D eigenvalue weighted by Crippen LogP contribution is 2.27. The van der Waals surface area contributed by atoms with Crippen LogP contribution in [0.25, 0.3) is 0 Å². The first kappa shape index (κ1) is 24.3. The van der Waals surface area contributed by atoms with Crippen molar-refractivity contribution in [2.75, 3.05) is 13.2 Å². The highest BCUT2D eigenvalue weighted by Gasteiger charge is 2.48. The molecule has 0 bridgehead atoms. The maximum Gasteiger partial charge on any atom is 0.249 e. The molecule has 1 heterocycles. The Morgan fingerprint density at radius 2 is 1.79 bits per heavy atom. The van der Waals surface area contributed by atoms with Gasteiger partial charge >= 0.3 is 0 Å². The van der Waals surface area contributed by atoms with Crippen molar-refractivity contribution in [3.63, 3.8) is 0 Å². The van der Waals surface area contributed by atoms with Gasteiger partial charge in [-0.25, -0.2) is 0 Å². The Bertz CT molecular complexity index is 543. The predicted octanol–water partition coefficient (Wildman–Crippen LogP) is -6.21. The molecule has 11 atom stereocenters. The van der Waals surface area contributed by atoms with Crippen molar-refractivity contribution in [3.05, 3.63) is 0 Å². The topological polar surface area (TPSA) is 247 Å².